The second-order valence-electron chi connectivity index (χ2n) is 6.49. The van der Waals surface area contributed by atoms with E-state index in [2.05, 4.69) is 34.6 Å². The third-order valence-electron chi connectivity index (χ3n) is 4.73. The number of amides is 1. The van der Waals surface area contributed by atoms with Crippen LogP contribution < -0.4 is 5.32 Å². The molecular weight excluding hydrogens is 355 g/mol. The van der Waals surface area contributed by atoms with Crippen molar-refractivity contribution < 1.29 is 13.9 Å². The molecule has 1 amide bonds. The van der Waals surface area contributed by atoms with Gasteiger partial charge in [-0.15, -0.1) is 0 Å². The van der Waals surface area contributed by atoms with Crippen molar-refractivity contribution in [2.45, 2.75) is 5.92 Å². The molecule has 3 aromatic rings. The summed E-state index contributed by atoms with van der Waals surface area (Å²) >= 11 is 0. The molecule has 4 nitrogen and oxygen atoms in total. The lowest BCUT2D eigenvalue weighted by atomic mass is 9.98. The average Bonchev–Trinajstić information content (AvgIpc) is 3.04. The molecule has 0 fully saturated rings. The molecule has 1 aliphatic rings. The van der Waals surface area contributed by atoms with Gasteiger partial charge in [-0.3, -0.25) is 0 Å². The van der Waals surface area contributed by atoms with Crippen molar-refractivity contribution in [3.63, 3.8) is 0 Å². The van der Waals surface area contributed by atoms with E-state index in [0.29, 0.717) is 5.69 Å². The topological polar surface area (TPSA) is 51.2 Å². The van der Waals surface area contributed by atoms with Gasteiger partial charge in [-0.2, -0.15) is 4.39 Å². The van der Waals surface area contributed by atoms with Crippen LogP contribution in [0.25, 0.3) is 17.2 Å². The van der Waals surface area contributed by atoms with Crippen LogP contribution in [0.1, 0.15) is 22.7 Å². The molecule has 0 atom stereocenters. The molecule has 0 spiro atoms. The second kappa shape index (κ2) is 8.05. The number of benzene rings is 2. The van der Waals surface area contributed by atoms with Crippen LogP contribution in [-0.4, -0.2) is 24.2 Å². The number of halogens is 1. The number of nitrogens with zero attached hydrogens (tertiary/aromatic N) is 1. The van der Waals surface area contributed by atoms with E-state index in [1.807, 2.05) is 24.3 Å². The van der Waals surface area contributed by atoms with Crippen LogP contribution in [0.2, 0.25) is 0 Å². The van der Waals surface area contributed by atoms with E-state index in [4.69, 9.17) is 4.74 Å². The summed E-state index contributed by atoms with van der Waals surface area (Å²) in [7, 11) is 0. The quantitative estimate of drug-likeness (QED) is 0.655. The van der Waals surface area contributed by atoms with Gasteiger partial charge in [0.1, 0.15) is 6.61 Å². The molecule has 140 valence electrons. The Morgan fingerprint density at radius 2 is 1.68 bits per heavy atom. The molecular formula is C23H19FN2O2. The fourth-order valence-electron chi connectivity index (χ4n) is 3.49. The maximum atomic E-state index is 13.0. The number of aromatic nitrogens is 1. The van der Waals surface area contributed by atoms with Crippen molar-refractivity contribution in [2.75, 3.05) is 13.2 Å². The molecule has 1 aromatic heterocycles. The number of hydrogen-bond acceptors (Lipinski definition) is 3. The second-order valence-corrected chi connectivity index (χ2v) is 6.49. The number of nitrogens with one attached hydrogen (secondary N) is 1. The minimum atomic E-state index is -0.536. The van der Waals surface area contributed by atoms with E-state index in [1.165, 1.54) is 28.3 Å². The van der Waals surface area contributed by atoms with Crippen molar-refractivity contribution in [2.24, 2.45) is 0 Å². The predicted molar refractivity (Wildman–Crippen MR) is 106 cm³/mol. The first-order chi connectivity index (χ1) is 13.7. The Hall–Kier alpha value is -3.47. The van der Waals surface area contributed by atoms with E-state index in [1.54, 1.807) is 24.3 Å². The van der Waals surface area contributed by atoms with Crippen molar-refractivity contribution in [1.29, 1.82) is 0 Å². The zero-order valence-corrected chi connectivity index (χ0v) is 15.1. The monoisotopic (exact) mass is 374 g/mol. The van der Waals surface area contributed by atoms with Crippen LogP contribution in [0.5, 0.6) is 0 Å². The summed E-state index contributed by atoms with van der Waals surface area (Å²) in [5, 5.41) is 2.67. The minimum absolute atomic E-state index is 0.0326. The molecule has 0 saturated heterocycles. The lowest BCUT2D eigenvalue weighted by molar-refractivity contribution is 0.144. The highest BCUT2D eigenvalue weighted by molar-refractivity contribution is 5.79. The van der Waals surface area contributed by atoms with Crippen LogP contribution in [0.3, 0.4) is 0 Å². The molecule has 0 saturated carbocycles. The lowest BCUT2D eigenvalue weighted by Gasteiger charge is -2.14. The molecule has 1 aliphatic carbocycles. The maximum Gasteiger partial charge on any atom is 0.407 e. The minimum Gasteiger partial charge on any atom is -0.449 e. The number of rotatable bonds is 5. The number of ether oxygens (including phenoxy) is 1. The summed E-state index contributed by atoms with van der Waals surface area (Å²) in [6.45, 7) is 0.546. The third kappa shape index (κ3) is 3.78. The summed E-state index contributed by atoms with van der Waals surface area (Å²) in [6.07, 6.45) is 2.86. The molecule has 4 rings (SSSR count). The van der Waals surface area contributed by atoms with Gasteiger partial charge in [-0.25, -0.2) is 9.78 Å². The van der Waals surface area contributed by atoms with E-state index in [9.17, 15) is 9.18 Å². The smallest absolute Gasteiger partial charge is 0.407 e. The van der Waals surface area contributed by atoms with Crippen LogP contribution >= 0.6 is 0 Å². The lowest BCUT2D eigenvalue weighted by Crippen LogP contribution is -2.26. The number of pyridine rings is 1. The summed E-state index contributed by atoms with van der Waals surface area (Å²) in [4.78, 5) is 15.8. The molecule has 0 radical (unpaired) electrons. The van der Waals surface area contributed by atoms with Crippen LogP contribution in [0.4, 0.5) is 9.18 Å². The van der Waals surface area contributed by atoms with Gasteiger partial charge < -0.3 is 10.1 Å². The highest BCUT2D eigenvalue weighted by Crippen LogP contribution is 2.44. The SMILES string of the molecule is O=C(NCC=Cc1cccc(F)n1)OCC1c2ccccc2-c2ccccc21. The molecule has 0 aliphatic heterocycles. The van der Waals surface area contributed by atoms with Crippen LogP contribution in [0, 0.1) is 5.95 Å². The molecule has 2 aromatic carbocycles. The first kappa shape index (κ1) is 17.9. The van der Waals surface area contributed by atoms with Crippen molar-refractivity contribution in [1.82, 2.24) is 10.3 Å². The maximum absolute atomic E-state index is 13.0. The molecule has 0 bridgehead atoms. The standard InChI is InChI=1S/C23H19FN2O2/c24-22-13-5-7-16(26-22)8-6-14-25-23(27)28-15-21-19-11-3-1-9-17(19)18-10-2-4-12-20(18)21/h1-13,21H,14-15H2,(H,25,27). The molecule has 1 N–H and O–H groups in total. The first-order valence-corrected chi connectivity index (χ1v) is 9.10. The molecule has 0 unspecified atom stereocenters. The van der Waals surface area contributed by atoms with Gasteiger partial charge in [-0.1, -0.05) is 60.7 Å². The molecule has 5 heteroatoms. The van der Waals surface area contributed by atoms with Crippen molar-refractivity contribution in [3.8, 4) is 11.1 Å². The number of carbonyl (C=O) groups is 1. The third-order valence-corrected chi connectivity index (χ3v) is 4.73. The predicted octanol–water partition coefficient (Wildman–Crippen LogP) is 4.77. The van der Waals surface area contributed by atoms with Gasteiger partial charge in [0, 0.05) is 12.5 Å². The average molecular weight is 374 g/mol. The first-order valence-electron chi connectivity index (χ1n) is 9.10. The summed E-state index contributed by atoms with van der Waals surface area (Å²) in [5.74, 6) is -0.503. The molecule has 28 heavy (non-hydrogen) atoms. The zero-order valence-electron chi connectivity index (χ0n) is 15.1. The van der Waals surface area contributed by atoms with E-state index >= 15 is 0 Å². The Labute approximate surface area is 162 Å². The summed E-state index contributed by atoms with van der Waals surface area (Å²) < 4.78 is 18.5. The van der Waals surface area contributed by atoms with Crippen molar-refractivity contribution in [3.05, 3.63) is 95.6 Å². The van der Waals surface area contributed by atoms with E-state index in [-0.39, 0.29) is 19.1 Å². The Morgan fingerprint density at radius 1 is 1.00 bits per heavy atom. The van der Waals surface area contributed by atoms with Gasteiger partial charge in [0.2, 0.25) is 5.95 Å². The fraction of sp³-hybridized carbons (Fsp3) is 0.130. The highest BCUT2D eigenvalue weighted by atomic mass is 19.1. The Bertz CT molecular complexity index is 987. The number of carbonyl (C=O) groups excluding carboxylic acids is 1. The fourth-order valence-corrected chi connectivity index (χ4v) is 3.49. The number of alkyl carbamates (subject to hydrolysis) is 1. The highest BCUT2D eigenvalue weighted by Gasteiger charge is 2.28. The van der Waals surface area contributed by atoms with Gasteiger partial charge in [-0.05, 0) is 40.5 Å². The van der Waals surface area contributed by atoms with Crippen LogP contribution in [0.15, 0.2) is 72.8 Å². The van der Waals surface area contributed by atoms with E-state index in [0.717, 1.165) is 0 Å². The number of fused-ring (bicyclic) bond motifs is 3. The normalized spacial score (nSPS) is 12.6. The number of hydrogen-bond donors (Lipinski definition) is 1. The Balaban J connectivity index is 1.34. The van der Waals surface area contributed by atoms with Gasteiger partial charge in [0.25, 0.3) is 0 Å². The Kier molecular flexibility index (Phi) is 5.15. The van der Waals surface area contributed by atoms with Crippen LogP contribution in [-0.2, 0) is 4.74 Å². The zero-order chi connectivity index (χ0) is 19.3. The van der Waals surface area contributed by atoms with Gasteiger partial charge in [0.15, 0.2) is 0 Å². The Morgan fingerprint density at radius 3 is 2.36 bits per heavy atom. The van der Waals surface area contributed by atoms with Gasteiger partial charge >= 0.3 is 6.09 Å². The van der Waals surface area contributed by atoms with Gasteiger partial charge in [0.05, 0.1) is 5.69 Å². The van der Waals surface area contributed by atoms with Crippen molar-refractivity contribution >= 4 is 12.2 Å². The van der Waals surface area contributed by atoms with E-state index < -0.39 is 12.0 Å². The largest absolute Gasteiger partial charge is 0.449 e. The molecule has 1 heterocycles. The summed E-state index contributed by atoms with van der Waals surface area (Å²) in [6, 6.07) is 21.0. The summed E-state index contributed by atoms with van der Waals surface area (Å²) in [5.41, 5.74) is 5.23.